The molecule has 0 spiro atoms. The molecule has 0 fully saturated rings. The summed E-state index contributed by atoms with van der Waals surface area (Å²) in [7, 11) is 1.94. The maximum absolute atomic E-state index is 5.27. The molecule has 0 aliphatic carbocycles. The molecule has 1 aromatic heterocycles. The molecule has 54 valence electrons. The highest BCUT2D eigenvalue weighted by atomic mass is 16.5. The molecular formula is C7H10N2O. The van der Waals surface area contributed by atoms with Gasteiger partial charge in [0, 0.05) is 24.7 Å². The molecule has 0 aromatic carbocycles. The third kappa shape index (κ3) is 0.574. The fourth-order valence-corrected chi connectivity index (χ4v) is 1.28. The van der Waals surface area contributed by atoms with Gasteiger partial charge in [-0.25, -0.2) is 0 Å². The van der Waals surface area contributed by atoms with Gasteiger partial charge in [-0.15, -0.1) is 5.10 Å². The molecule has 1 aromatic rings. The Morgan fingerprint density at radius 3 is 3.10 bits per heavy atom. The lowest BCUT2D eigenvalue weighted by Crippen LogP contribution is -1.98. The van der Waals surface area contributed by atoms with Crippen molar-refractivity contribution >= 4 is 0 Å². The minimum Gasteiger partial charge on any atom is -0.476 e. The zero-order chi connectivity index (χ0) is 7.14. The zero-order valence-electron chi connectivity index (χ0n) is 6.22. The van der Waals surface area contributed by atoms with E-state index in [0.717, 1.165) is 18.9 Å². The zero-order valence-corrected chi connectivity index (χ0v) is 6.22. The molecule has 0 N–H and O–H groups in total. The average molecular weight is 138 g/mol. The van der Waals surface area contributed by atoms with Gasteiger partial charge in [-0.2, -0.15) is 0 Å². The first-order valence-corrected chi connectivity index (χ1v) is 3.44. The Morgan fingerprint density at radius 1 is 1.60 bits per heavy atom. The average Bonchev–Trinajstić information content (AvgIpc) is 2.41. The number of ether oxygens (including phenoxy) is 1. The number of rotatable bonds is 0. The van der Waals surface area contributed by atoms with Crippen molar-refractivity contribution in [3.05, 3.63) is 11.3 Å². The van der Waals surface area contributed by atoms with E-state index in [-0.39, 0.29) is 0 Å². The highest BCUT2D eigenvalue weighted by Gasteiger charge is 2.18. The van der Waals surface area contributed by atoms with Crippen molar-refractivity contribution in [3.63, 3.8) is 0 Å². The van der Waals surface area contributed by atoms with Crippen LogP contribution in [-0.4, -0.2) is 16.4 Å². The molecule has 0 unspecified atom stereocenters. The molecule has 0 bridgehead atoms. The second kappa shape index (κ2) is 1.75. The van der Waals surface area contributed by atoms with Gasteiger partial charge in [-0.1, -0.05) is 0 Å². The van der Waals surface area contributed by atoms with Crippen LogP contribution in [-0.2, 0) is 13.5 Å². The Bertz CT molecular complexity index is 265. The predicted molar refractivity (Wildman–Crippen MR) is 37.1 cm³/mol. The fourth-order valence-electron chi connectivity index (χ4n) is 1.28. The number of aryl methyl sites for hydroxylation is 1. The molecule has 0 atom stereocenters. The minimum absolute atomic E-state index is 0.805. The summed E-state index contributed by atoms with van der Waals surface area (Å²) in [4.78, 5) is 0. The standard InChI is InChI=1S/C7H10N2O/c1-5-6-3-4-10-7(6)8-9(5)2/h3-4H2,1-2H3. The Morgan fingerprint density at radius 2 is 2.40 bits per heavy atom. The van der Waals surface area contributed by atoms with Crippen LogP contribution in [0.2, 0.25) is 0 Å². The lowest BCUT2D eigenvalue weighted by Gasteiger charge is -1.94. The van der Waals surface area contributed by atoms with Crippen LogP contribution in [0, 0.1) is 6.92 Å². The molecule has 2 rings (SSSR count). The summed E-state index contributed by atoms with van der Waals surface area (Å²) in [6.45, 7) is 2.87. The lowest BCUT2D eigenvalue weighted by molar-refractivity contribution is 0.337. The van der Waals surface area contributed by atoms with Crippen LogP contribution in [0.1, 0.15) is 11.3 Å². The van der Waals surface area contributed by atoms with Gasteiger partial charge in [-0.05, 0) is 6.92 Å². The molecule has 3 heteroatoms. The smallest absolute Gasteiger partial charge is 0.236 e. The molecule has 1 aliphatic heterocycles. The van der Waals surface area contributed by atoms with Gasteiger partial charge in [-0.3, -0.25) is 4.68 Å². The van der Waals surface area contributed by atoms with E-state index in [2.05, 4.69) is 12.0 Å². The van der Waals surface area contributed by atoms with Crippen molar-refractivity contribution in [2.45, 2.75) is 13.3 Å². The molecule has 2 heterocycles. The summed E-state index contributed by atoms with van der Waals surface area (Å²) < 4.78 is 7.13. The maximum Gasteiger partial charge on any atom is 0.236 e. The Labute approximate surface area is 59.6 Å². The van der Waals surface area contributed by atoms with E-state index in [1.165, 1.54) is 11.3 Å². The summed E-state index contributed by atoms with van der Waals surface area (Å²) in [5.41, 5.74) is 2.51. The van der Waals surface area contributed by atoms with Crippen LogP contribution in [0.4, 0.5) is 0 Å². The summed E-state index contributed by atoms with van der Waals surface area (Å²) >= 11 is 0. The Balaban J connectivity index is 2.59. The van der Waals surface area contributed by atoms with Crippen molar-refractivity contribution < 1.29 is 4.74 Å². The van der Waals surface area contributed by atoms with Gasteiger partial charge in [0.25, 0.3) is 0 Å². The van der Waals surface area contributed by atoms with Crippen molar-refractivity contribution in [2.24, 2.45) is 7.05 Å². The second-order valence-corrected chi connectivity index (χ2v) is 2.59. The topological polar surface area (TPSA) is 27.1 Å². The lowest BCUT2D eigenvalue weighted by atomic mass is 10.2. The normalized spacial score (nSPS) is 15.0. The highest BCUT2D eigenvalue weighted by molar-refractivity contribution is 5.33. The monoisotopic (exact) mass is 138 g/mol. The number of nitrogens with zero attached hydrogens (tertiary/aromatic N) is 2. The van der Waals surface area contributed by atoms with E-state index in [9.17, 15) is 0 Å². The quantitative estimate of drug-likeness (QED) is 0.526. The van der Waals surface area contributed by atoms with Gasteiger partial charge < -0.3 is 4.74 Å². The van der Waals surface area contributed by atoms with Gasteiger partial charge >= 0.3 is 0 Å². The third-order valence-electron chi connectivity index (χ3n) is 2.01. The van der Waals surface area contributed by atoms with E-state index in [4.69, 9.17) is 4.74 Å². The first-order chi connectivity index (χ1) is 4.79. The van der Waals surface area contributed by atoms with Crippen LogP contribution in [0.15, 0.2) is 0 Å². The van der Waals surface area contributed by atoms with Crippen molar-refractivity contribution in [3.8, 4) is 5.88 Å². The molecule has 0 saturated heterocycles. The summed E-state index contributed by atoms with van der Waals surface area (Å²) in [5.74, 6) is 0.833. The van der Waals surface area contributed by atoms with Crippen LogP contribution >= 0.6 is 0 Å². The second-order valence-electron chi connectivity index (χ2n) is 2.59. The number of hydrogen-bond donors (Lipinski definition) is 0. The van der Waals surface area contributed by atoms with Gasteiger partial charge in [0.1, 0.15) is 0 Å². The van der Waals surface area contributed by atoms with E-state index < -0.39 is 0 Å². The molecular weight excluding hydrogens is 128 g/mol. The fraction of sp³-hybridized carbons (Fsp3) is 0.571. The summed E-state index contributed by atoms with van der Waals surface area (Å²) in [6.07, 6.45) is 1.02. The third-order valence-corrected chi connectivity index (χ3v) is 2.01. The van der Waals surface area contributed by atoms with Gasteiger partial charge in [0.05, 0.1) is 6.61 Å². The highest BCUT2D eigenvalue weighted by Crippen LogP contribution is 2.25. The van der Waals surface area contributed by atoms with Crippen molar-refractivity contribution in [2.75, 3.05) is 6.61 Å². The molecule has 10 heavy (non-hydrogen) atoms. The molecule has 0 saturated carbocycles. The van der Waals surface area contributed by atoms with Gasteiger partial charge in [0.15, 0.2) is 0 Å². The summed E-state index contributed by atoms with van der Waals surface area (Å²) in [5, 5.41) is 4.19. The molecule has 0 amide bonds. The SMILES string of the molecule is Cc1c2c(nn1C)OCC2. The van der Waals surface area contributed by atoms with E-state index >= 15 is 0 Å². The van der Waals surface area contributed by atoms with E-state index in [1.807, 2.05) is 11.7 Å². The van der Waals surface area contributed by atoms with Gasteiger partial charge in [0.2, 0.25) is 5.88 Å². The predicted octanol–water partition coefficient (Wildman–Crippen LogP) is 0.663. The first-order valence-electron chi connectivity index (χ1n) is 3.44. The number of aromatic nitrogens is 2. The van der Waals surface area contributed by atoms with E-state index in [1.54, 1.807) is 0 Å². The molecule has 1 aliphatic rings. The molecule has 0 radical (unpaired) electrons. The summed E-state index contributed by atoms with van der Waals surface area (Å²) in [6, 6.07) is 0. The maximum atomic E-state index is 5.27. The van der Waals surface area contributed by atoms with Crippen LogP contribution < -0.4 is 4.74 Å². The minimum atomic E-state index is 0.805. The number of hydrogen-bond acceptors (Lipinski definition) is 2. The van der Waals surface area contributed by atoms with Crippen LogP contribution in [0.5, 0.6) is 5.88 Å². The first kappa shape index (κ1) is 5.77. The van der Waals surface area contributed by atoms with E-state index in [0.29, 0.717) is 0 Å². The Hall–Kier alpha value is -0.990. The molecule has 3 nitrogen and oxygen atoms in total. The van der Waals surface area contributed by atoms with Crippen LogP contribution in [0.3, 0.4) is 0 Å². The van der Waals surface area contributed by atoms with Crippen molar-refractivity contribution in [1.29, 1.82) is 0 Å². The van der Waals surface area contributed by atoms with Crippen LogP contribution in [0.25, 0.3) is 0 Å². The van der Waals surface area contributed by atoms with Crippen molar-refractivity contribution in [1.82, 2.24) is 9.78 Å². The largest absolute Gasteiger partial charge is 0.476 e. The Kier molecular flexibility index (Phi) is 1.01. The number of fused-ring (bicyclic) bond motifs is 1.